The third-order valence-electron chi connectivity index (χ3n) is 2.70. The third kappa shape index (κ3) is 4.25. The summed E-state index contributed by atoms with van der Waals surface area (Å²) in [4.78, 5) is 10.5. The van der Waals surface area contributed by atoms with Gasteiger partial charge in [-0.25, -0.2) is 0 Å². The van der Waals surface area contributed by atoms with Crippen LogP contribution in [0.4, 0.5) is 5.69 Å². The molecule has 0 bridgehead atoms. The maximum absolute atomic E-state index is 10.5. The van der Waals surface area contributed by atoms with Crippen molar-refractivity contribution in [2.24, 2.45) is 5.92 Å². The molecule has 1 amide bonds. The smallest absolute Gasteiger partial charge is 0.211 e. The first-order valence-corrected chi connectivity index (χ1v) is 6.68. The molecule has 96 valence electrons. The van der Waals surface area contributed by atoms with E-state index in [0.717, 1.165) is 23.2 Å². The molecule has 1 aromatic carbocycles. The minimum atomic E-state index is 0.605. The van der Waals surface area contributed by atoms with Crippen LogP contribution in [0.15, 0.2) is 18.2 Å². The summed E-state index contributed by atoms with van der Waals surface area (Å²) in [7, 11) is 0. The molecule has 1 aromatic rings. The second-order valence-corrected chi connectivity index (χ2v) is 4.03. The van der Waals surface area contributed by atoms with Crippen molar-refractivity contribution in [2.75, 3.05) is 5.32 Å². The van der Waals surface area contributed by atoms with Crippen molar-refractivity contribution in [1.82, 2.24) is 0 Å². The topological polar surface area (TPSA) is 29.1 Å². The minimum Gasteiger partial charge on any atom is -0.328 e. The van der Waals surface area contributed by atoms with E-state index in [1.807, 2.05) is 32.0 Å². The summed E-state index contributed by atoms with van der Waals surface area (Å²) in [6, 6.07) is 6.00. The lowest BCUT2D eigenvalue weighted by Gasteiger charge is -2.06. The summed E-state index contributed by atoms with van der Waals surface area (Å²) in [5.41, 5.74) is 3.00. The summed E-state index contributed by atoms with van der Waals surface area (Å²) in [6.45, 7) is 6.07. The molecule has 0 radical (unpaired) electrons. The molecule has 1 N–H and O–H groups in total. The fourth-order valence-corrected chi connectivity index (χ4v) is 1.57. The van der Waals surface area contributed by atoms with Gasteiger partial charge in [0.2, 0.25) is 6.41 Å². The van der Waals surface area contributed by atoms with Crippen LogP contribution in [0.3, 0.4) is 0 Å². The highest BCUT2D eigenvalue weighted by Crippen LogP contribution is 2.27. The first-order valence-electron chi connectivity index (χ1n) is 6.68. The first-order chi connectivity index (χ1) is 8.83. The fourth-order valence-electron chi connectivity index (χ4n) is 1.57. The standard InChI is InChI=1S/C14H15NO.C2H6/c1-2-13-8-7-12(6-5-11-3-4-11)9-14(13)15-10-16;1-2/h7-11H,2-4H2,1H3,(H,15,16);1-2H3. The van der Waals surface area contributed by atoms with Gasteiger partial charge in [-0.3, -0.25) is 4.79 Å². The van der Waals surface area contributed by atoms with Crippen LogP contribution in [-0.4, -0.2) is 6.41 Å². The van der Waals surface area contributed by atoms with E-state index in [1.54, 1.807) is 0 Å². The zero-order valence-corrected chi connectivity index (χ0v) is 11.4. The lowest BCUT2D eigenvalue weighted by atomic mass is 10.1. The molecule has 1 aliphatic rings. The molecule has 0 atom stereocenters. The Labute approximate surface area is 110 Å². The van der Waals surface area contributed by atoms with Gasteiger partial charge in [0.25, 0.3) is 0 Å². The van der Waals surface area contributed by atoms with Gasteiger partial charge < -0.3 is 5.32 Å². The van der Waals surface area contributed by atoms with Crippen molar-refractivity contribution in [3.63, 3.8) is 0 Å². The van der Waals surface area contributed by atoms with Crippen molar-refractivity contribution >= 4 is 12.1 Å². The quantitative estimate of drug-likeness (QED) is 0.637. The lowest BCUT2D eigenvalue weighted by molar-refractivity contribution is -0.105. The average Bonchev–Trinajstić information content (AvgIpc) is 3.23. The van der Waals surface area contributed by atoms with Crippen LogP contribution in [0.1, 0.15) is 44.7 Å². The predicted octanol–water partition coefficient (Wildman–Crippen LogP) is 3.61. The summed E-state index contributed by atoms with van der Waals surface area (Å²) >= 11 is 0. The number of hydrogen-bond acceptors (Lipinski definition) is 1. The number of carbonyl (C=O) groups excluding carboxylic acids is 1. The number of benzene rings is 1. The van der Waals surface area contributed by atoms with Gasteiger partial charge in [-0.2, -0.15) is 0 Å². The molecule has 1 fully saturated rings. The van der Waals surface area contributed by atoms with Crippen molar-refractivity contribution < 1.29 is 4.79 Å². The third-order valence-corrected chi connectivity index (χ3v) is 2.70. The Balaban J connectivity index is 0.000000771. The monoisotopic (exact) mass is 243 g/mol. The lowest BCUT2D eigenvalue weighted by Crippen LogP contribution is -1.98. The molecule has 0 aliphatic heterocycles. The number of carbonyl (C=O) groups is 1. The molecule has 18 heavy (non-hydrogen) atoms. The zero-order chi connectivity index (χ0) is 13.4. The Morgan fingerprint density at radius 1 is 1.39 bits per heavy atom. The molecule has 0 aromatic heterocycles. The van der Waals surface area contributed by atoms with Crippen LogP contribution in [0.5, 0.6) is 0 Å². The van der Waals surface area contributed by atoms with E-state index in [-0.39, 0.29) is 0 Å². The number of hydrogen-bond donors (Lipinski definition) is 1. The highest BCUT2D eigenvalue weighted by Gasteiger charge is 2.17. The van der Waals surface area contributed by atoms with Gasteiger partial charge in [-0.05, 0) is 37.0 Å². The highest BCUT2D eigenvalue weighted by atomic mass is 16.1. The van der Waals surface area contributed by atoms with Crippen molar-refractivity contribution in [3.8, 4) is 11.8 Å². The summed E-state index contributed by atoms with van der Waals surface area (Å²) in [5.74, 6) is 6.97. The molecule has 1 saturated carbocycles. The second-order valence-electron chi connectivity index (χ2n) is 4.03. The van der Waals surface area contributed by atoms with Crippen LogP contribution >= 0.6 is 0 Å². The molecule has 0 unspecified atom stereocenters. The van der Waals surface area contributed by atoms with Gasteiger partial charge in [0, 0.05) is 17.2 Å². The Bertz CT molecular complexity index is 450. The van der Waals surface area contributed by atoms with Gasteiger partial charge in [0.05, 0.1) is 0 Å². The molecule has 1 aliphatic carbocycles. The van der Waals surface area contributed by atoms with E-state index in [1.165, 1.54) is 12.8 Å². The number of rotatable bonds is 3. The van der Waals surface area contributed by atoms with Crippen LogP contribution in [-0.2, 0) is 11.2 Å². The van der Waals surface area contributed by atoms with Crippen LogP contribution < -0.4 is 5.32 Å². The molecule has 2 rings (SSSR count). The SMILES string of the molecule is CC.CCc1ccc(C#CC2CC2)cc1NC=O. The number of aryl methyl sites for hydroxylation is 1. The van der Waals surface area contributed by atoms with E-state index in [4.69, 9.17) is 0 Å². The van der Waals surface area contributed by atoms with Crippen LogP contribution in [0.25, 0.3) is 0 Å². The van der Waals surface area contributed by atoms with Gasteiger partial charge >= 0.3 is 0 Å². The van der Waals surface area contributed by atoms with E-state index in [0.29, 0.717) is 12.3 Å². The van der Waals surface area contributed by atoms with E-state index in [9.17, 15) is 4.79 Å². The maximum Gasteiger partial charge on any atom is 0.211 e. The summed E-state index contributed by atoms with van der Waals surface area (Å²) < 4.78 is 0. The molecule has 0 heterocycles. The Hall–Kier alpha value is -1.75. The second kappa shape index (κ2) is 7.55. The van der Waals surface area contributed by atoms with E-state index < -0.39 is 0 Å². The Morgan fingerprint density at radius 3 is 2.67 bits per heavy atom. The summed E-state index contributed by atoms with van der Waals surface area (Å²) in [5, 5.41) is 2.72. The zero-order valence-electron chi connectivity index (χ0n) is 11.4. The van der Waals surface area contributed by atoms with Gasteiger partial charge in [0.1, 0.15) is 0 Å². The van der Waals surface area contributed by atoms with E-state index >= 15 is 0 Å². The molecule has 0 spiro atoms. The number of amides is 1. The van der Waals surface area contributed by atoms with Gasteiger partial charge in [0.15, 0.2) is 0 Å². The summed E-state index contributed by atoms with van der Waals surface area (Å²) in [6.07, 6.45) is 4.10. The molecule has 2 heteroatoms. The van der Waals surface area contributed by atoms with E-state index in [2.05, 4.69) is 24.1 Å². The fraction of sp³-hybridized carbons (Fsp3) is 0.438. The molecular formula is C16H21NO. The average molecular weight is 243 g/mol. The normalized spacial score (nSPS) is 12.6. The van der Waals surface area contributed by atoms with Crippen molar-refractivity contribution in [2.45, 2.75) is 40.0 Å². The van der Waals surface area contributed by atoms with Crippen molar-refractivity contribution in [1.29, 1.82) is 0 Å². The van der Waals surface area contributed by atoms with Crippen molar-refractivity contribution in [3.05, 3.63) is 29.3 Å². The van der Waals surface area contributed by atoms with Crippen LogP contribution in [0, 0.1) is 17.8 Å². The van der Waals surface area contributed by atoms with Gasteiger partial charge in [-0.15, -0.1) is 0 Å². The van der Waals surface area contributed by atoms with Gasteiger partial charge in [-0.1, -0.05) is 38.7 Å². The first kappa shape index (κ1) is 14.3. The molecule has 2 nitrogen and oxygen atoms in total. The highest BCUT2D eigenvalue weighted by molar-refractivity contribution is 5.74. The number of anilines is 1. The van der Waals surface area contributed by atoms with Crippen LogP contribution in [0.2, 0.25) is 0 Å². The minimum absolute atomic E-state index is 0.605. The largest absolute Gasteiger partial charge is 0.328 e. The Morgan fingerprint density at radius 2 is 2.11 bits per heavy atom. The Kier molecular flexibility index (Phi) is 6.00. The molecular weight excluding hydrogens is 222 g/mol. The molecule has 0 saturated heterocycles. The maximum atomic E-state index is 10.5. The predicted molar refractivity (Wildman–Crippen MR) is 76.5 cm³/mol. The number of nitrogens with one attached hydrogen (secondary N) is 1.